The van der Waals surface area contributed by atoms with Gasteiger partial charge in [-0.05, 0) is 30.3 Å². The van der Waals surface area contributed by atoms with Crippen molar-refractivity contribution in [1.29, 1.82) is 0 Å². The normalized spacial score (nSPS) is 34.0. The number of hydrogen-bond acceptors (Lipinski definition) is 14. The highest BCUT2D eigenvalue weighted by Crippen LogP contribution is 2.40. The average Bonchev–Trinajstić information content (AvgIpc) is 2.96. The van der Waals surface area contributed by atoms with E-state index in [2.05, 4.69) is 0 Å². The van der Waals surface area contributed by atoms with Crippen LogP contribution in [-0.2, 0) is 9.47 Å². The van der Waals surface area contributed by atoms with Crippen LogP contribution in [0.3, 0.4) is 0 Å². The summed E-state index contributed by atoms with van der Waals surface area (Å²) in [5, 5.41) is 91.1. The Balaban J connectivity index is 1.64. The Hall–Kier alpha value is -3.15. The highest BCUT2D eigenvalue weighted by molar-refractivity contribution is 5.81. The molecule has 2 fully saturated rings. The Kier molecular flexibility index (Phi) is 8.31. The topological polar surface area (TPSA) is 240 Å². The van der Waals surface area contributed by atoms with Crippen LogP contribution in [0.25, 0.3) is 22.3 Å². The first kappa shape index (κ1) is 29.3. The van der Waals surface area contributed by atoms with Gasteiger partial charge in [-0.15, -0.1) is 0 Å². The predicted molar refractivity (Wildman–Crippen MR) is 137 cm³/mol. The standard InChI is InChI=1S/C27H30O14/c28-8-18-20(32)22(34)24(36)26(39-18)13-5-12-14(31)6-15(10-1-3-11(30)4-2-10)38-16(12)7-17(13)40-27-25(37)23(35)21(33)19(9-29)41-27/h1-7,18-30,32-37H,8-9H2. The monoisotopic (exact) mass is 578 g/mol. The SMILES string of the molecule is O=c1cc(-c2ccc(O)cc2)oc2cc(OC3OC(CO)C(O)C(O)C3O)c(C3OC(CO)C(O)C(O)C3O)cc12. The third kappa shape index (κ3) is 5.42. The average molecular weight is 579 g/mol. The molecule has 2 aromatic carbocycles. The molecule has 0 aliphatic carbocycles. The van der Waals surface area contributed by atoms with Crippen LogP contribution in [0.15, 0.2) is 51.7 Å². The Labute approximate surface area is 231 Å². The minimum atomic E-state index is -1.82. The number of aliphatic hydroxyl groups is 8. The smallest absolute Gasteiger partial charge is 0.229 e. The summed E-state index contributed by atoms with van der Waals surface area (Å²) in [5.74, 6) is -0.102. The van der Waals surface area contributed by atoms with Gasteiger partial charge in [0.15, 0.2) is 5.43 Å². The van der Waals surface area contributed by atoms with Crippen molar-refractivity contribution in [1.82, 2.24) is 0 Å². The van der Waals surface area contributed by atoms with Gasteiger partial charge in [-0.2, -0.15) is 0 Å². The molecular weight excluding hydrogens is 548 g/mol. The van der Waals surface area contributed by atoms with Crippen LogP contribution in [-0.4, -0.2) is 114 Å². The van der Waals surface area contributed by atoms with Crippen LogP contribution in [0, 0.1) is 0 Å². The van der Waals surface area contributed by atoms with E-state index >= 15 is 0 Å². The molecule has 0 saturated carbocycles. The zero-order valence-electron chi connectivity index (χ0n) is 21.3. The molecule has 0 bridgehead atoms. The van der Waals surface area contributed by atoms with E-state index in [1.807, 2.05) is 0 Å². The fraction of sp³-hybridized carbons (Fsp3) is 0.444. The van der Waals surface area contributed by atoms with Gasteiger partial charge in [0, 0.05) is 23.3 Å². The number of phenolic OH excluding ortho intramolecular Hbond substituents is 1. The number of ether oxygens (including phenoxy) is 3. The van der Waals surface area contributed by atoms with Crippen molar-refractivity contribution in [3.63, 3.8) is 0 Å². The minimum Gasteiger partial charge on any atom is -0.508 e. The molecule has 0 spiro atoms. The lowest BCUT2D eigenvalue weighted by Gasteiger charge is -2.42. The molecule has 14 heteroatoms. The molecule has 2 aliphatic rings. The van der Waals surface area contributed by atoms with E-state index in [0.717, 1.165) is 0 Å². The van der Waals surface area contributed by atoms with Crippen LogP contribution >= 0.6 is 0 Å². The third-order valence-electron chi connectivity index (χ3n) is 7.30. The summed E-state index contributed by atoms with van der Waals surface area (Å²) < 4.78 is 22.9. The molecule has 10 unspecified atom stereocenters. The van der Waals surface area contributed by atoms with Gasteiger partial charge in [0.1, 0.15) is 77.8 Å². The van der Waals surface area contributed by atoms with Crippen molar-refractivity contribution in [3.05, 3.63) is 58.3 Å². The molecule has 0 amide bonds. The Morgan fingerprint density at radius 1 is 0.732 bits per heavy atom. The summed E-state index contributed by atoms with van der Waals surface area (Å²) >= 11 is 0. The molecule has 0 radical (unpaired) electrons. The maximum atomic E-state index is 13.2. The minimum absolute atomic E-state index is 0.00345. The fourth-order valence-corrected chi connectivity index (χ4v) is 4.94. The highest BCUT2D eigenvalue weighted by Gasteiger charge is 2.47. The summed E-state index contributed by atoms with van der Waals surface area (Å²) in [6.45, 7) is -1.46. The Bertz CT molecular complexity index is 1420. The molecule has 2 aliphatic heterocycles. The fourth-order valence-electron chi connectivity index (χ4n) is 4.94. The summed E-state index contributed by atoms with van der Waals surface area (Å²) in [7, 11) is 0. The lowest BCUT2D eigenvalue weighted by Crippen LogP contribution is -2.60. The second kappa shape index (κ2) is 11.6. The van der Waals surface area contributed by atoms with Crippen LogP contribution < -0.4 is 10.2 Å². The van der Waals surface area contributed by atoms with Gasteiger partial charge in [0.25, 0.3) is 0 Å². The van der Waals surface area contributed by atoms with E-state index in [1.165, 1.54) is 42.5 Å². The molecule has 41 heavy (non-hydrogen) atoms. The molecule has 2 saturated heterocycles. The first-order chi connectivity index (χ1) is 19.5. The van der Waals surface area contributed by atoms with Crippen LogP contribution in [0.5, 0.6) is 11.5 Å². The van der Waals surface area contributed by atoms with Crippen molar-refractivity contribution >= 4 is 11.0 Å². The van der Waals surface area contributed by atoms with Crippen molar-refractivity contribution < 1.29 is 64.6 Å². The van der Waals surface area contributed by atoms with E-state index in [9.17, 15) is 50.8 Å². The van der Waals surface area contributed by atoms with E-state index < -0.39 is 79.9 Å². The molecule has 1 aromatic heterocycles. The molecule has 3 aromatic rings. The number of phenols is 1. The summed E-state index contributed by atoms with van der Waals surface area (Å²) in [6.07, 6.45) is -16.2. The van der Waals surface area contributed by atoms with Crippen LogP contribution in [0.2, 0.25) is 0 Å². The molecule has 10 atom stereocenters. The molecule has 9 N–H and O–H groups in total. The van der Waals surface area contributed by atoms with Gasteiger partial charge in [-0.1, -0.05) is 0 Å². The van der Waals surface area contributed by atoms with E-state index in [1.54, 1.807) is 0 Å². The first-order valence-electron chi connectivity index (χ1n) is 12.7. The van der Waals surface area contributed by atoms with Crippen LogP contribution in [0.1, 0.15) is 11.7 Å². The third-order valence-corrected chi connectivity index (χ3v) is 7.30. The van der Waals surface area contributed by atoms with Gasteiger partial charge >= 0.3 is 0 Å². The van der Waals surface area contributed by atoms with Gasteiger partial charge in [-0.3, -0.25) is 4.79 Å². The Morgan fingerprint density at radius 2 is 1.34 bits per heavy atom. The second-order valence-corrected chi connectivity index (χ2v) is 9.97. The lowest BCUT2D eigenvalue weighted by molar-refractivity contribution is -0.278. The van der Waals surface area contributed by atoms with Gasteiger partial charge in [0.2, 0.25) is 6.29 Å². The molecule has 5 rings (SSSR count). The molecular formula is C27H30O14. The second-order valence-electron chi connectivity index (χ2n) is 9.97. The Morgan fingerprint density at radius 3 is 1.98 bits per heavy atom. The maximum Gasteiger partial charge on any atom is 0.229 e. The van der Waals surface area contributed by atoms with Crippen molar-refractivity contribution in [2.24, 2.45) is 0 Å². The number of benzene rings is 2. The zero-order valence-corrected chi connectivity index (χ0v) is 21.3. The highest BCUT2D eigenvalue weighted by atomic mass is 16.7. The number of aliphatic hydroxyl groups excluding tert-OH is 8. The lowest BCUT2D eigenvalue weighted by atomic mass is 9.90. The van der Waals surface area contributed by atoms with Crippen LogP contribution in [0.4, 0.5) is 0 Å². The van der Waals surface area contributed by atoms with E-state index in [0.29, 0.717) is 5.56 Å². The quantitative estimate of drug-likeness (QED) is 0.152. The van der Waals surface area contributed by atoms with Gasteiger partial charge in [-0.25, -0.2) is 0 Å². The number of fused-ring (bicyclic) bond motifs is 1. The van der Waals surface area contributed by atoms with Crippen molar-refractivity contribution in [2.45, 2.75) is 61.2 Å². The number of rotatable bonds is 6. The van der Waals surface area contributed by atoms with Crippen molar-refractivity contribution in [3.8, 4) is 22.8 Å². The predicted octanol–water partition coefficient (Wildman–Crippen LogP) is -2.14. The summed E-state index contributed by atoms with van der Waals surface area (Å²) in [5.41, 5.74) is -0.180. The molecule has 14 nitrogen and oxygen atoms in total. The van der Waals surface area contributed by atoms with Gasteiger partial charge < -0.3 is 64.6 Å². The van der Waals surface area contributed by atoms with Crippen molar-refractivity contribution in [2.75, 3.05) is 13.2 Å². The number of aromatic hydroxyl groups is 1. The summed E-state index contributed by atoms with van der Waals surface area (Å²) in [6, 6.07) is 9.50. The maximum absolute atomic E-state index is 13.2. The van der Waals surface area contributed by atoms with E-state index in [4.69, 9.17) is 18.6 Å². The first-order valence-corrected chi connectivity index (χ1v) is 12.7. The molecule has 3 heterocycles. The summed E-state index contributed by atoms with van der Waals surface area (Å²) in [4.78, 5) is 13.2. The largest absolute Gasteiger partial charge is 0.508 e. The molecule has 222 valence electrons. The number of hydrogen-bond donors (Lipinski definition) is 9. The van der Waals surface area contributed by atoms with Gasteiger partial charge in [0.05, 0.1) is 18.6 Å². The van der Waals surface area contributed by atoms with E-state index in [-0.39, 0.29) is 33.8 Å². The zero-order chi connectivity index (χ0) is 29.6.